The zero-order valence-electron chi connectivity index (χ0n) is 14.0. The molecule has 0 aliphatic carbocycles. The number of fused-ring (bicyclic) bond motifs is 1. The van der Waals surface area contributed by atoms with Gasteiger partial charge in [-0.3, -0.25) is 20.2 Å². The number of rotatable bonds is 4. The van der Waals surface area contributed by atoms with Gasteiger partial charge in [-0.1, -0.05) is 0 Å². The highest BCUT2D eigenvalue weighted by atomic mass is 32.2. The molecule has 4 rings (SSSR count). The van der Waals surface area contributed by atoms with Crippen molar-refractivity contribution in [3.8, 4) is 0 Å². The van der Waals surface area contributed by atoms with Crippen LogP contribution in [-0.4, -0.2) is 70.5 Å². The van der Waals surface area contributed by atoms with E-state index < -0.39 is 0 Å². The van der Waals surface area contributed by atoms with Gasteiger partial charge >= 0.3 is 0 Å². The molecule has 4 fully saturated rings. The number of thioether (sulfide) groups is 3. The van der Waals surface area contributed by atoms with Gasteiger partial charge in [0.2, 0.25) is 11.8 Å². The Balaban J connectivity index is 1.30. The predicted octanol–water partition coefficient (Wildman–Crippen LogP) is -0.689. The normalized spacial score (nSPS) is 40.6. The summed E-state index contributed by atoms with van der Waals surface area (Å²) >= 11 is 5.14. The monoisotopic (exact) mass is 403 g/mol. The first-order valence-electron chi connectivity index (χ1n) is 8.90. The van der Waals surface area contributed by atoms with Crippen LogP contribution in [0.4, 0.5) is 0 Å². The van der Waals surface area contributed by atoms with Crippen LogP contribution in [0.5, 0.6) is 0 Å². The quantitative estimate of drug-likeness (QED) is 0.421. The van der Waals surface area contributed by atoms with Gasteiger partial charge in [-0.2, -0.15) is 0 Å². The van der Waals surface area contributed by atoms with E-state index in [4.69, 9.17) is 0 Å². The molecular weight excluding hydrogens is 378 g/mol. The number of piperidine rings is 1. The third-order valence-corrected chi connectivity index (χ3v) is 8.91. The maximum Gasteiger partial charge on any atom is 0.248 e. The third kappa shape index (κ3) is 4.24. The molecule has 7 nitrogen and oxygen atoms in total. The first kappa shape index (κ1) is 18.2. The molecule has 0 spiro atoms. The zero-order valence-corrected chi connectivity index (χ0v) is 16.4. The number of hydrogen-bond acceptors (Lipinski definition) is 8. The second-order valence-corrected chi connectivity index (χ2v) is 10.5. The van der Waals surface area contributed by atoms with E-state index in [1.807, 2.05) is 0 Å². The van der Waals surface area contributed by atoms with Gasteiger partial charge in [0.05, 0.1) is 11.3 Å². The maximum absolute atomic E-state index is 12.7. The molecule has 0 aromatic carbocycles. The van der Waals surface area contributed by atoms with Gasteiger partial charge in [0, 0.05) is 30.1 Å². The molecule has 0 bridgehead atoms. The molecule has 5 N–H and O–H groups in total. The van der Waals surface area contributed by atoms with Crippen molar-refractivity contribution in [3.05, 3.63) is 0 Å². The fourth-order valence-corrected chi connectivity index (χ4v) is 7.34. The Morgan fingerprint density at radius 1 is 1.00 bits per heavy atom. The van der Waals surface area contributed by atoms with Crippen molar-refractivity contribution in [2.75, 3.05) is 31.1 Å². The van der Waals surface area contributed by atoms with Crippen LogP contribution in [-0.2, 0) is 9.59 Å². The van der Waals surface area contributed by atoms with E-state index in [0.717, 1.165) is 44.0 Å². The van der Waals surface area contributed by atoms with Crippen LogP contribution in [0.3, 0.4) is 0 Å². The molecule has 25 heavy (non-hydrogen) atoms. The first-order chi connectivity index (χ1) is 12.2. The summed E-state index contributed by atoms with van der Waals surface area (Å²) in [6.07, 6.45) is 1.92. The second kappa shape index (κ2) is 8.26. The fraction of sp³-hybridized carbons (Fsp3) is 0.867. The molecule has 140 valence electrons. The summed E-state index contributed by atoms with van der Waals surface area (Å²) in [6, 6.07) is 0.371. The van der Waals surface area contributed by atoms with E-state index in [-0.39, 0.29) is 34.0 Å². The average Bonchev–Trinajstić information content (AvgIpc) is 3.34. The summed E-state index contributed by atoms with van der Waals surface area (Å²) in [5, 5.41) is 16.4. The van der Waals surface area contributed by atoms with Crippen LogP contribution < -0.4 is 26.6 Å². The lowest BCUT2D eigenvalue weighted by atomic mass is 10.1. The Kier molecular flexibility index (Phi) is 6.03. The molecule has 4 aliphatic heterocycles. The lowest BCUT2D eigenvalue weighted by Crippen LogP contribution is -2.52. The predicted molar refractivity (Wildman–Crippen MR) is 104 cm³/mol. The molecule has 6 unspecified atom stereocenters. The van der Waals surface area contributed by atoms with E-state index in [2.05, 4.69) is 26.6 Å². The highest BCUT2D eigenvalue weighted by Gasteiger charge is 2.42. The SMILES string of the molecule is O=C(NC1SCCC1C(=O)NC1NCCS1)C1NC2CNCCC2S1. The van der Waals surface area contributed by atoms with Gasteiger partial charge in [0.15, 0.2) is 0 Å². The van der Waals surface area contributed by atoms with Crippen LogP contribution in [0.1, 0.15) is 12.8 Å². The molecule has 4 saturated heterocycles. The van der Waals surface area contributed by atoms with Crippen LogP contribution in [0, 0.1) is 5.92 Å². The highest BCUT2D eigenvalue weighted by Crippen LogP contribution is 2.34. The Morgan fingerprint density at radius 2 is 1.92 bits per heavy atom. The van der Waals surface area contributed by atoms with Gasteiger partial charge in [0.25, 0.3) is 0 Å². The van der Waals surface area contributed by atoms with Crippen LogP contribution >= 0.6 is 35.3 Å². The molecule has 0 saturated carbocycles. The number of nitrogens with one attached hydrogen (secondary N) is 5. The molecule has 0 aromatic rings. The summed E-state index contributed by atoms with van der Waals surface area (Å²) in [5.41, 5.74) is 0.0112. The summed E-state index contributed by atoms with van der Waals surface area (Å²) < 4.78 is 0. The minimum atomic E-state index is -0.202. The van der Waals surface area contributed by atoms with Crippen LogP contribution in [0.15, 0.2) is 0 Å². The summed E-state index contributed by atoms with van der Waals surface area (Å²) in [6.45, 7) is 2.88. The lowest BCUT2D eigenvalue weighted by molar-refractivity contribution is -0.126. The summed E-state index contributed by atoms with van der Waals surface area (Å²) in [7, 11) is 0. The van der Waals surface area contributed by atoms with Crippen molar-refractivity contribution in [2.45, 2.75) is 40.4 Å². The van der Waals surface area contributed by atoms with Gasteiger partial charge in [-0.15, -0.1) is 35.3 Å². The number of carbonyl (C=O) groups is 2. The minimum Gasteiger partial charge on any atom is -0.341 e. The van der Waals surface area contributed by atoms with E-state index in [1.165, 1.54) is 0 Å². The van der Waals surface area contributed by atoms with Gasteiger partial charge in [0.1, 0.15) is 10.9 Å². The van der Waals surface area contributed by atoms with E-state index >= 15 is 0 Å². The molecule has 10 heteroatoms. The van der Waals surface area contributed by atoms with E-state index in [9.17, 15) is 9.59 Å². The van der Waals surface area contributed by atoms with Crippen LogP contribution in [0.25, 0.3) is 0 Å². The molecule has 4 aliphatic rings. The first-order valence-corrected chi connectivity index (χ1v) is 11.9. The minimum absolute atomic E-state index is 0.0112. The van der Waals surface area contributed by atoms with Crippen molar-refractivity contribution in [3.63, 3.8) is 0 Å². The average molecular weight is 404 g/mol. The zero-order chi connectivity index (χ0) is 17.2. The van der Waals surface area contributed by atoms with Gasteiger partial charge < -0.3 is 16.0 Å². The topological polar surface area (TPSA) is 94.3 Å². The maximum atomic E-state index is 12.7. The van der Waals surface area contributed by atoms with Crippen molar-refractivity contribution in [1.82, 2.24) is 26.6 Å². The smallest absolute Gasteiger partial charge is 0.248 e. The molecular formula is C15H25N5O2S3. The van der Waals surface area contributed by atoms with E-state index in [0.29, 0.717) is 11.3 Å². The lowest BCUT2D eigenvalue weighted by Gasteiger charge is -2.24. The number of carbonyl (C=O) groups excluding carboxylic acids is 2. The molecule has 0 aromatic heterocycles. The van der Waals surface area contributed by atoms with Crippen molar-refractivity contribution in [2.24, 2.45) is 5.92 Å². The van der Waals surface area contributed by atoms with Crippen molar-refractivity contribution < 1.29 is 9.59 Å². The van der Waals surface area contributed by atoms with Crippen LogP contribution in [0.2, 0.25) is 0 Å². The summed E-state index contributed by atoms with van der Waals surface area (Å²) in [4.78, 5) is 25.2. The number of hydrogen-bond donors (Lipinski definition) is 5. The highest BCUT2D eigenvalue weighted by molar-refractivity contribution is 8.01. The fourth-order valence-electron chi connectivity index (χ4n) is 3.68. The van der Waals surface area contributed by atoms with E-state index in [1.54, 1.807) is 35.3 Å². The molecule has 4 heterocycles. The molecule has 2 amide bonds. The van der Waals surface area contributed by atoms with Gasteiger partial charge in [-0.25, -0.2) is 0 Å². The number of amides is 2. The Labute approximate surface area is 160 Å². The Morgan fingerprint density at radius 3 is 2.72 bits per heavy atom. The molecule has 0 radical (unpaired) electrons. The third-order valence-electron chi connectivity index (χ3n) is 5.04. The molecule has 6 atom stereocenters. The van der Waals surface area contributed by atoms with Crippen molar-refractivity contribution in [1.29, 1.82) is 0 Å². The Hall–Kier alpha value is -0.130. The van der Waals surface area contributed by atoms with Gasteiger partial charge in [-0.05, 0) is 25.1 Å². The largest absolute Gasteiger partial charge is 0.341 e. The standard InChI is InChI=1S/C15H25N5O2S3/c21-11(20-15-17-4-6-24-15)8-2-5-23-13(8)19-12(22)14-18-9-7-16-3-1-10(9)25-14/h8-10,13-18H,1-7H2,(H,19,22)(H,20,21). The second-order valence-electron chi connectivity index (χ2n) is 6.73. The van der Waals surface area contributed by atoms with Crippen molar-refractivity contribution >= 4 is 47.1 Å². The Bertz CT molecular complexity index is 505. The summed E-state index contributed by atoms with van der Waals surface area (Å²) in [5.74, 6) is 1.85.